The standard InChI is InChI=1S/C66H61BN2O2S2/c1-36-22-26-45(55-30-40-18-14-16-20-53(40)72-55)38(3)58(36)68-49-34-44(66(11,12)13)35-50-57(49)67(62-60(68)47-32-42(64(5,6)7)24-28-51(47)70-62)63-61(48-33-43(65(8,9)10)25-29-52(48)71-63)69(50)59-37(2)23-27-46(39(59)4)56-31-41-19-15-17-21-54(41)73-56/h14-35H,1-13H3. The van der Waals surface area contributed by atoms with Crippen LogP contribution in [0.4, 0.5) is 34.1 Å². The molecule has 0 saturated heterocycles. The van der Waals surface area contributed by atoms with E-state index >= 15 is 0 Å². The monoisotopic (exact) mass is 988 g/mol. The summed E-state index contributed by atoms with van der Waals surface area (Å²) in [7, 11) is 0. The van der Waals surface area contributed by atoms with Crippen molar-refractivity contribution in [2.45, 2.75) is 106 Å². The van der Waals surface area contributed by atoms with E-state index < -0.39 is 0 Å². The van der Waals surface area contributed by atoms with Gasteiger partial charge in [-0.1, -0.05) is 135 Å². The lowest BCUT2D eigenvalue weighted by Gasteiger charge is -2.43. The van der Waals surface area contributed by atoms with E-state index in [2.05, 4.69) is 233 Å². The summed E-state index contributed by atoms with van der Waals surface area (Å²) in [6, 6.07) is 50.3. The first kappa shape index (κ1) is 46.0. The quantitative estimate of drug-likeness (QED) is 0.165. The van der Waals surface area contributed by atoms with Crippen LogP contribution in [0.25, 0.3) is 63.0 Å². The van der Waals surface area contributed by atoms with E-state index in [4.69, 9.17) is 8.83 Å². The molecule has 0 bridgehead atoms. The summed E-state index contributed by atoms with van der Waals surface area (Å²) in [6.07, 6.45) is 0. The summed E-state index contributed by atoms with van der Waals surface area (Å²) in [4.78, 5) is 7.75. The summed E-state index contributed by atoms with van der Waals surface area (Å²) in [5.74, 6) is 0. The highest BCUT2D eigenvalue weighted by molar-refractivity contribution is 7.22. The molecule has 0 spiro atoms. The zero-order valence-electron chi connectivity index (χ0n) is 44.3. The molecule has 362 valence electrons. The number of anilines is 6. The number of hydrogen-bond donors (Lipinski definition) is 0. The maximum Gasteiger partial charge on any atom is 0.342 e. The van der Waals surface area contributed by atoms with E-state index in [1.807, 2.05) is 22.7 Å². The Morgan fingerprint density at radius 1 is 0.425 bits per heavy atom. The predicted octanol–water partition coefficient (Wildman–Crippen LogP) is 18.2. The van der Waals surface area contributed by atoms with E-state index in [0.717, 1.165) is 56.0 Å². The fourth-order valence-electron chi connectivity index (χ4n) is 11.9. The van der Waals surface area contributed by atoms with Crippen LogP contribution in [0.1, 0.15) is 101 Å². The number of furan rings is 2. The number of fused-ring (bicyclic) bond motifs is 10. The van der Waals surface area contributed by atoms with Gasteiger partial charge in [0.1, 0.15) is 22.5 Å². The van der Waals surface area contributed by atoms with Crippen molar-refractivity contribution in [2.75, 3.05) is 9.80 Å². The van der Waals surface area contributed by atoms with Gasteiger partial charge in [-0.05, 0) is 171 Å². The normalized spacial score (nSPS) is 13.7. The average molecular weight is 989 g/mol. The maximum atomic E-state index is 7.50. The Morgan fingerprint density at radius 3 is 1.23 bits per heavy atom. The fraction of sp³-hybridized carbons (Fsp3) is 0.242. The van der Waals surface area contributed by atoms with Gasteiger partial charge in [0, 0.05) is 41.3 Å². The average Bonchev–Trinajstić information content (AvgIpc) is 4.14. The predicted molar refractivity (Wildman–Crippen MR) is 317 cm³/mol. The van der Waals surface area contributed by atoms with Crippen molar-refractivity contribution in [1.29, 1.82) is 0 Å². The molecule has 0 fully saturated rings. The van der Waals surface area contributed by atoms with Gasteiger partial charge in [-0.2, -0.15) is 0 Å². The molecule has 0 unspecified atom stereocenters. The smallest absolute Gasteiger partial charge is 0.342 e. The molecule has 0 radical (unpaired) electrons. The molecule has 0 aliphatic carbocycles. The Labute approximate surface area is 438 Å². The Bertz CT molecular complexity index is 3800. The third-order valence-corrected chi connectivity index (χ3v) is 18.2. The molecule has 7 aromatic carbocycles. The van der Waals surface area contributed by atoms with Crippen molar-refractivity contribution in [1.82, 2.24) is 0 Å². The number of hydrogen-bond acceptors (Lipinski definition) is 6. The van der Waals surface area contributed by atoms with Crippen molar-refractivity contribution in [3.63, 3.8) is 0 Å². The molecule has 11 aromatic rings. The zero-order valence-corrected chi connectivity index (χ0v) is 45.9. The summed E-state index contributed by atoms with van der Waals surface area (Å²) < 4.78 is 17.6. The first-order valence-corrected chi connectivity index (χ1v) is 27.5. The van der Waals surface area contributed by atoms with E-state index in [1.165, 1.54) is 96.8 Å². The number of thiophene rings is 2. The highest BCUT2D eigenvalue weighted by atomic mass is 32.1. The number of nitrogens with zero attached hydrogens (tertiary/aromatic N) is 2. The van der Waals surface area contributed by atoms with Gasteiger partial charge in [-0.25, -0.2) is 0 Å². The van der Waals surface area contributed by atoms with E-state index in [1.54, 1.807) is 0 Å². The molecule has 13 rings (SSSR count). The second-order valence-electron chi connectivity index (χ2n) is 23.9. The van der Waals surface area contributed by atoms with Gasteiger partial charge in [-0.3, -0.25) is 0 Å². The second kappa shape index (κ2) is 15.9. The molecule has 7 heteroatoms. The molecule has 73 heavy (non-hydrogen) atoms. The Balaban J connectivity index is 1.18. The van der Waals surface area contributed by atoms with Gasteiger partial charge in [0.05, 0.1) is 22.7 Å². The molecule has 0 N–H and O–H groups in total. The highest BCUT2D eigenvalue weighted by Gasteiger charge is 2.51. The molecule has 0 atom stereocenters. The lowest BCUT2D eigenvalue weighted by Crippen LogP contribution is -2.60. The Morgan fingerprint density at radius 2 is 0.836 bits per heavy atom. The molecule has 2 aliphatic heterocycles. The molecule has 4 aromatic heterocycles. The first-order valence-electron chi connectivity index (χ1n) is 25.9. The Hall–Kier alpha value is -6.80. The zero-order chi connectivity index (χ0) is 50.8. The SMILES string of the molecule is Cc1ccc(-c2cc3ccccc3s2)c(C)c1N1c2cc(C(C)(C)C)cc3c2B(c2oc4ccc(C(C)(C)C)cc4c21)c1oc2ccc(C(C)(C)C)cc2c1N3c1c(C)ccc(-c2cc3ccccc3s2)c1C. The van der Waals surface area contributed by atoms with Gasteiger partial charge in [-0.15, -0.1) is 22.7 Å². The number of benzene rings is 7. The van der Waals surface area contributed by atoms with Crippen LogP contribution in [0.5, 0.6) is 0 Å². The van der Waals surface area contributed by atoms with Crippen molar-refractivity contribution in [3.05, 3.63) is 172 Å². The highest BCUT2D eigenvalue weighted by Crippen LogP contribution is 2.54. The van der Waals surface area contributed by atoms with Gasteiger partial charge in [0.25, 0.3) is 0 Å². The van der Waals surface area contributed by atoms with Gasteiger partial charge >= 0.3 is 6.71 Å². The van der Waals surface area contributed by atoms with Crippen LogP contribution in [-0.2, 0) is 16.2 Å². The molecule has 0 amide bonds. The van der Waals surface area contributed by atoms with Crippen LogP contribution < -0.4 is 26.6 Å². The van der Waals surface area contributed by atoms with Crippen molar-refractivity contribution >= 4 is 122 Å². The van der Waals surface area contributed by atoms with Crippen molar-refractivity contribution in [3.8, 4) is 20.9 Å². The number of aryl methyl sites for hydroxylation is 2. The maximum absolute atomic E-state index is 7.50. The Kier molecular flexibility index (Phi) is 10.00. The number of rotatable bonds is 4. The minimum atomic E-state index is -0.342. The molecular weight excluding hydrogens is 928 g/mol. The summed E-state index contributed by atoms with van der Waals surface area (Å²) in [5, 5.41) is 4.76. The lowest BCUT2D eigenvalue weighted by atomic mass is 9.37. The summed E-state index contributed by atoms with van der Waals surface area (Å²) in [6.45, 7) is 29.8. The van der Waals surface area contributed by atoms with Crippen molar-refractivity contribution < 1.29 is 8.83 Å². The van der Waals surface area contributed by atoms with Crippen LogP contribution in [0.2, 0.25) is 0 Å². The van der Waals surface area contributed by atoms with Gasteiger partial charge in [0.15, 0.2) is 0 Å². The largest absolute Gasteiger partial charge is 0.468 e. The van der Waals surface area contributed by atoms with Crippen LogP contribution in [0, 0.1) is 27.7 Å². The minimum Gasteiger partial charge on any atom is -0.468 e. The topological polar surface area (TPSA) is 32.8 Å². The molecule has 6 heterocycles. The van der Waals surface area contributed by atoms with Crippen LogP contribution in [-0.4, -0.2) is 6.71 Å². The van der Waals surface area contributed by atoms with E-state index in [9.17, 15) is 0 Å². The third kappa shape index (κ3) is 6.98. The van der Waals surface area contributed by atoms with Gasteiger partial charge in [0.2, 0.25) is 0 Å². The first-order chi connectivity index (χ1) is 34.7. The van der Waals surface area contributed by atoms with Crippen LogP contribution in [0.3, 0.4) is 0 Å². The van der Waals surface area contributed by atoms with E-state index in [0.29, 0.717) is 0 Å². The van der Waals surface area contributed by atoms with Crippen molar-refractivity contribution in [2.24, 2.45) is 0 Å². The molecule has 2 aliphatic rings. The van der Waals surface area contributed by atoms with Crippen LogP contribution in [0.15, 0.2) is 142 Å². The summed E-state index contributed by atoms with van der Waals surface area (Å²) in [5.41, 5.74) is 22.4. The summed E-state index contributed by atoms with van der Waals surface area (Å²) >= 11 is 3.74. The van der Waals surface area contributed by atoms with Gasteiger partial charge < -0.3 is 18.6 Å². The second-order valence-corrected chi connectivity index (χ2v) is 26.1. The fourth-order valence-corrected chi connectivity index (χ4v) is 14.2. The molecule has 4 nitrogen and oxygen atoms in total. The molecule has 0 saturated carbocycles. The molecular formula is C66H61BN2O2S2. The van der Waals surface area contributed by atoms with Crippen LogP contribution >= 0.6 is 22.7 Å². The van der Waals surface area contributed by atoms with E-state index in [-0.39, 0.29) is 23.0 Å². The third-order valence-electron chi connectivity index (χ3n) is 15.9. The lowest BCUT2D eigenvalue weighted by molar-refractivity contribution is 0.590. The minimum absolute atomic E-state index is 0.0860.